The first-order valence-corrected chi connectivity index (χ1v) is 7.13. The SMILES string of the molecule is CC1=CC(N2c3ccccc3C(C)C2C)=NC(N)N1C. The highest BCUT2D eigenvalue weighted by Gasteiger charge is 2.35. The van der Waals surface area contributed by atoms with Crippen molar-refractivity contribution in [3.63, 3.8) is 0 Å². The van der Waals surface area contributed by atoms with Crippen LogP contribution in [0.4, 0.5) is 5.69 Å². The maximum atomic E-state index is 6.10. The van der Waals surface area contributed by atoms with Crippen LogP contribution in [0.2, 0.25) is 0 Å². The summed E-state index contributed by atoms with van der Waals surface area (Å²) in [6, 6.07) is 8.97. The molecule has 0 amide bonds. The summed E-state index contributed by atoms with van der Waals surface area (Å²) < 4.78 is 0. The molecule has 4 nitrogen and oxygen atoms in total. The van der Waals surface area contributed by atoms with Gasteiger partial charge in [0.1, 0.15) is 5.84 Å². The van der Waals surface area contributed by atoms with E-state index in [2.05, 4.69) is 61.0 Å². The zero-order chi connectivity index (χ0) is 14.4. The van der Waals surface area contributed by atoms with Gasteiger partial charge in [0.05, 0.1) is 0 Å². The van der Waals surface area contributed by atoms with E-state index in [1.807, 2.05) is 11.9 Å². The van der Waals surface area contributed by atoms with Crippen molar-refractivity contribution in [1.82, 2.24) is 4.90 Å². The van der Waals surface area contributed by atoms with Crippen LogP contribution in [0.3, 0.4) is 0 Å². The van der Waals surface area contributed by atoms with E-state index in [0.29, 0.717) is 12.0 Å². The lowest BCUT2D eigenvalue weighted by molar-refractivity contribution is 0.315. The van der Waals surface area contributed by atoms with E-state index in [1.54, 1.807) is 0 Å². The fourth-order valence-corrected chi connectivity index (χ4v) is 3.02. The van der Waals surface area contributed by atoms with Crippen molar-refractivity contribution in [1.29, 1.82) is 0 Å². The molecule has 2 aliphatic rings. The smallest absolute Gasteiger partial charge is 0.175 e. The van der Waals surface area contributed by atoms with Crippen molar-refractivity contribution < 1.29 is 0 Å². The molecule has 1 aromatic carbocycles. The van der Waals surface area contributed by atoms with Crippen LogP contribution >= 0.6 is 0 Å². The maximum absolute atomic E-state index is 6.10. The van der Waals surface area contributed by atoms with Crippen molar-refractivity contribution >= 4 is 11.5 Å². The number of hydrogen-bond acceptors (Lipinski definition) is 4. The number of nitrogens with zero attached hydrogens (tertiary/aromatic N) is 3. The van der Waals surface area contributed by atoms with Gasteiger partial charge < -0.3 is 9.80 Å². The number of allylic oxidation sites excluding steroid dienone is 1. The molecule has 0 saturated carbocycles. The largest absolute Gasteiger partial charge is 0.344 e. The van der Waals surface area contributed by atoms with E-state index in [0.717, 1.165) is 11.5 Å². The number of hydrogen-bond donors (Lipinski definition) is 1. The Balaban J connectivity index is 2.05. The van der Waals surface area contributed by atoms with E-state index < -0.39 is 0 Å². The highest BCUT2D eigenvalue weighted by molar-refractivity contribution is 6.08. The maximum Gasteiger partial charge on any atom is 0.175 e. The Kier molecular flexibility index (Phi) is 3.05. The molecule has 0 aliphatic carbocycles. The summed E-state index contributed by atoms with van der Waals surface area (Å²) in [5.41, 5.74) is 9.89. The average Bonchev–Trinajstić information content (AvgIpc) is 2.68. The minimum Gasteiger partial charge on any atom is -0.344 e. The van der Waals surface area contributed by atoms with Crippen LogP contribution in [0.15, 0.2) is 41.0 Å². The molecule has 20 heavy (non-hydrogen) atoms. The van der Waals surface area contributed by atoms with E-state index in [-0.39, 0.29) is 6.29 Å². The molecule has 2 heterocycles. The molecule has 0 aromatic heterocycles. The molecule has 0 fully saturated rings. The molecule has 3 atom stereocenters. The van der Waals surface area contributed by atoms with Gasteiger partial charge in [-0.05, 0) is 31.6 Å². The number of para-hydroxylation sites is 1. The van der Waals surface area contributed by atoms with Crippen LogP contribution in [0.25, 0.3) is 0 Å². The van der Waals surface area contributed by atoms with Crippen LogP contribution in [0.1, 0.15) is 32.3 Å². The van der Waals surface area contributed by atoms with Gasteiger partial charge in [-0.25, -0.2) is 4.99 Å². The highest BCUT2D eigenvalue weighted by Crippen LogP contribution is 2.41. The normalized spacial score (nSPS) is 29.1. The summed E-state index contributed by atoms with van der Waals surface area (Å²) in [6.07, 6.45) is 1.82. The lowest BCUT2D eigenvalue weighted by Crippen LogP contribution is -2.45. The molecule has 2 aliphatic heterocycles. The van der Waals surface area contributed by atoms with Crippen molar-refractivity contribution in [2.45, 2.75) is 39.0 Å². The quantitative estimate of drug-likeness (QED) is 0.787. The highest BCUT2D eigenvalue weighted by atomic mass is 15.4. The lowest BCUT2D eigenvalue weighted by Gasteiger charge is -2.34. The van der Waals surface area contributed by atoms with E-state index >= 15 is 0 Å². The van der Waals surface area contributed by atoms with Crippen molar-refractivity contribution in [3.05, 3.63) is 41.6 Å². The minimum absolute atomic E-state index is 0.301. The molecule has 0 bridgehead atoms. The zero-order valence-electron chi connectivity index (χ0n) is 12.5. The third-order valence-corrected chi connectivity index (χ3v) is 4.62. The first kappa shape index (κ1) is 13.2. The van der Waals surface area contributed by atoms with Crippen LogP contribution in [0, 0.1) is 0 Å². The number of nitrogens with two attached hydrogens (primary N) is 1. The number of fused-ring (bicyclic) bond motifs is 1. The van der Waals surface area contributed by atoms with Crippen LogP contribution in [0.5, 0.6) is 0 Å². The van der Waals surface area contributed by atoms with Gasteiger partial charge in [0.2, 0.25) is 0 Å². The molecule has 3 rings (SSSR count). The Morgan fingerprint density at radius 2 is 1.90 bits per heavy atom. The zero-order valence-corrected chi connectivity index (χ0v) is 12.5. The predicted octanol–water partition coefficient (Wildman–Crippen LogP) is 2.49. The Morgan fingerprint density at radius 3 is 2.60 bits per heavy atom. The van der Waals surface area contributed by atoms with Crippen molar-refractivity contribution in [2.75, 3.05) is 11.9 Å². The summed E-state index contributed by atoms with van der Waals surface area (Å²) in [7, 11) is 1.97. The number of rotatable bonds is 0. The Bertz CT molecular complexity index is 590. The topological polar surface area (TPSA) is 44.9 Å². The standard InChI is InChI=1S/C16H22N4/c1-10-9-15(18-16(17)19(10)4)20-12(3)11(2)13-7-5-6-8-14(13)20/h5-9,11-12,16H,17H2,1-4H3. The fourth-order valence-electron chi connectivity index (χ4n) is 3.02. The van der Waals surface area contributed by atoms with Gasteiger partial charge in [-0.3, -0.25) is 5.73 Å². The summed E-state index contributed by atoms with van der Waals surface area (Å²) in [5.74, 6) is 1.47. The van der Waals surface area contributed by atoms with Gasteiger partial charge in [0, 0.05) is 30.4 Å². The van der Waals surface area contributed by atoms with Crippen LogP contribution in [-0.4, -0.2) is 30.1 Å². The number of amidine groups is 1. The second-order valence-electron chi connectivity index (χ2n) is 5.76. The Morgan fingerprint density at radius 1 is 1.20 bits per heavy atom. The lowest BCUT2D eigenvalue weighted by atomic mass is 9.98. The van der Waals surface area contributed by atoms with Gasteiger partial charge in [0.15, 0.2) is 6.29 Å². The van der Waals surface area contributed by atoms with Crippen LogP contribution in [-0.2, 0) is 0 Å². The molecule has 0 radical (unpaired) electrons. The molecule has 4 heteroatoms. The molecule has 0 saturated heterocycles. The Hall–Kier alpha value is -1.81. The predicted molar refractivity (Wildman–Crippen MR) is 83.7 cm³/mol. The van der Waals surface area contributed by atoms with Gasteiger partial charge in [-0.2, -0.15) is 0 Å². The third kappa shape index (κ3) is 1.83. The van der Waals surface area contributed by atoms with Gasteiger partial charge >= 0.3 is 0 Å². The number of anilines is 1. The first-order chi connectivity index (χ1) is 9.50. The molecule has 1 aromatic rings. The van der Waals surface area contributed by atoms with E-state index in [1.165, 1.54) is 11.3 Å². The summed E-state index contributed by atoms with van der Waals surface area (Å²) in [6.45, 7) is 6.60. The minimum atomic E-state index is -0.301. The molecular weight excluding hydrogens is 248 g/mol. The fraction of sp³-hybridized carbons (Fsp3) is 0.438. The first-order valence-electron chi connectivity index (χ1n) is 7.13. The van der Waals surface area contributed by atoms with E-state index in [9.17, 15) is 0 Å². The van der Waals surface area contributed by atoms with Crippen molar-refractivity contribution in [3.8, 4) is 0 Å². The number of aliphatic imine (C=N–C) groups is 1. The molecule has 0 spiro atoms. The summed E-state index contributed by atoms with van der Waals surface area (Å²) in [5, 5.41) is 0. The van der Waals surface area contributed by atoms with Crippen LogP contribution < -0.4 is 10.6 Å². The number of benzene rings is 1. The molecular formula is C16H22N4. The monoisotopic (exact) mass is 270 g/mol. The summed E-state index contributed by atoms with van der Waals surface area (Å²) in [4.78, 5) is 8.95. The second-order valence-corrected chi connectivity index (χ2v) is 5.76. The Labute approximate surface area is 120 Å². The third-order valence-electron chi connectivity index (χ3n) is 4.62. The molecule has 106 valence electrons. The van der Waals surface area contributed by atoms with Crippen molar-refractivity contribution in [2.24, 2.45) is 10.7 Å². The van der Waals surface area contributed by atoms with E-state index in [4.69, 9.17) is 5.73 Å². The average molecular weight is 270 g/mol. The molecule has 2 N–H and O–H groups in total. The van der Waals surface area contributed by atoms with Gasteiger partial charge in [0.25, 0.3) is 0 Å². The molecule has 3 unspecified atom stereocenters. The van der Waals surface area contributed by atoms with Gasteiger partial charge in [-0.15, -0.1) is 0 Å². The second kappa shape index (κ2) is 4.63. The van der Waals surface area contributed by atoms with Gasteiger partial charge in [-0.1, -0.05) is 25.1 Å². The summed E-state index contributed by atoms with van der Waals surface area (Å²) >= 11 is 0.